The zero-order valence-electron chi connectivity index (χ0n) is 16.7. The minimum absolute atomic E-state index is 0.187. The molecule has 5 heteroatoms. The third-order valence-corrected chi connectivity index (χ3v) is 6.00. The zero-order chi connectivity index (χ0) is 19.5. The molecule has 1 amide bonds. The van der Waals surface area contributed by atoms with Crippen LogP contribution in [0.25, 0.3) is 0 Å². The van der Waals surface area contributed by atoms with Gasteiger partial charge in [0.2, 0.25) is 5.91 Å². The molecule has 4 rings (SSSR count). The van der Waals surface area contributed by atoms with E-state index in [4.69, 9.17) is 9.47 Å². The highest BCUT2D eigenvalue weighted by Crippen LogP contribution is 2.29. The number of hydrogen-bond acceptors (Lipinski definition) is 4. The van der Waals surface area contributed by atoms with Crippen molar-refractivity contribution in [2.45, 2.75) is 31.8 Å². The Balaban J connectivity index is 1.36. The van der Waals surface area contributed by atoms with Crippen LogP contribution in [-0.2, 0) is 24.2 Å². The van der Waals surface area contributed by atoms with Gasteiger partial charge in [0.1, 0.15) is 0 Å². The van der Waals surface area contributed by atoms with Crippen LogP contribution < -0.4 is 9.47 Å². The summed E-state index contributed by atoms with van der Waals surface area (Å²) in [6.45, 7) is 3.75. The number of nitrogens with zero attached hydrogens (tertiary/aromatic N) is 2. The Morgan fingerprint density at radius 2 is 1.82 bits per heavy atom. The maximum absolute atomic E-state index is 12.8. The van der Waals surface area contributed by atoms with Crippen LogP contribution in [0.1, 0.15) is 23.1 Å². The standard InChI is InChI=1S/C23H28N2O3/c1-27-21-8-7-17(13-22(21)28-2)14-23(26)25-12-10-20(16-25)24-11-9-18-5-3-4-6-19(18)15-24/h3-8,13,20H,9-12,14-16H2,1-2H3. The number of carbonyl (C=O) groups excluding carboxylic acids is 1. The lowest BCUT2D eigenvalue weighted by atomic mass is 9.98. The van der Waals surface area contributed by atoms with Crippen LogP contribution in [0.3, 0.4) is 0 Å². The second-order valence-corrected chi connectivity index (χ2v) is 7.64. The molecule has 0 saturated carbocycles. The lowest BCUT2D eigenvalue weighted by Gasteiger charge is -2.33. The number of ether oxygens (including phenoxy) is 2. The summed E-state index contributed by atoms with van der Waals surface area (Å²) in [5, 5.41) is 0. The molecule has 2 aromatic carbocycles. The van der Waals surface area contributed by atoms with Gasteiger partial charge in [-0.05, 0) is 41.7 Å². The van der Waals surface area contributed by atoms with E-state index in [9.17, 15) is 4.79 Å². The van der Waals surface area contributed by atoms with Crippen molar-refractivity contribution < 1.29 is 14.3 Å². The summed E-state index contributed by atoms with van der Waals surface area (Å²) in [6, 6.07) is 14.9. The minimum Gasteiger partial charge on any atom is -0.493 e. The molecule has 1 atom stereocenters. The second kappa shape index (κ2) is 8.23. The molecule has 2 aliphatic heterocycles. The van der Waals surface area contributed by atoms with Crippen molar-refractivity contribution in [3.05, 3.63) is 59.2 Å². The van der Waals surface area contributed by atoms with Gasteiger partial charge in [-0.3, -0.25) is 9.69 Å². The van der Waals surface area contributed by atoms with Crippen molar-refractivity contribution in [3.63, 3.8) is 0 Å². The van der Waals surface area contributed by atoms with Crippen molar-refractivity contribution in [1.82, 2.24) is 9.80 Å². The first-order valence-electron chi connectivity index (χ1n) is 9.97. The molecule has 0 aromatic heterocycles. The highest BCUT2D eigenvalue weighted by Gasteiger charge is 2.31. The molecule has 0 N–H and O–H groups in total. The average molecular weight is 380 g/mol. The monoisotopic (exact) mass is 380 g/mol. The van der Waals surface area contributed by atoms with E-state index in [1.165, 1.54) is 11.1 Å². The Kier molecular flexibility index (Phi) is 5.53. The minimum atomic E-state index is 0.187. The molecular formula is C23H28N2O3. The Labute approximate surface area is 166 Å². The third-order valence-electron chi connectivity index (χ3n) is 6.00. The average Bonchev–Trinajstić information content (AvgIpc) is 3.24. The molecule has 0 radical (unpaired) electrons. The van der Waals surface area contributed by atoms with Gasteiger partial charge in [-0.2, -0.15) is 0 Å². The van der Waals surface area contributed by atoms with Gasteiger partial charge in [0.25, 0.3) is 0 Å². The lowest BCUT2D eigenvalue weighted by molar-refractivity contribution is -0.129. The van der Waals surface area contributed by atoms with E-state index in [-0.39, 0.29) is 5.91 Å². The van der Waals surface area contributed by atoms with Gasteiger partial charge in [0.05, 0.1) is 20.6 Å². The summed E-state index contributed by atoms with van der Waals surface area (Å²) in [4.78, 5) is 17.4. The highest BCUT2D eigenvalue weighted by atomic mass is 16.5. The number of rotatable bonds is 5. The fourth-order valence-electron chi connectivity index (χ4n) is 4.37. The smallest absolute Gasteiger partial charge is 0.227 e. The van der Waals surface area contributed by atoms with E-state index in [1.807, 2.05) is 23.1 Å². The largest absolute Gasteiger partial charge is 0.493 e. The summed E-state index contributed by atoms with van der Waals surface area (Å²) in [7, 11) is 3.23. The van der Waals surface area contributed by atoms with Crippen LogP contribution in [-0.4, -0.2) is 55.6 Å². The molecule has 0 bridgehead atoms. The molecule has 0 aliphatic carbocycles. The third kappa shape index (κ3) is 3.85. The summed E-state index contributed by atoms with van der Waals surface area (Å²) in [6.07, 6.45) is 2.56. The van der Waals surface area contributed by atoms with Gasteiger partial charge in [-0.1, -0.05) is 30.3 Å². The van der Waals surface area contributed by atoms with Crippen LogP contribution >= 0.6 is 0 Å². The normalized spacial score (nSPS) is 19.4. The SMILES string of the molecule is COc1ccc(CC(=O)N2CCC(N3CCc4ccccc4C3)C2)cc1OC. The first-order chi connectivity index (χ1) is 13.7. The van der Waals surface area contributed by atoms with Crippen molar-refractivity contribution in [2.75, 3.05) is 33.9 Å². The number of fused-ring (bicyclic) bond motifs is 1. The van der Waals surface area contributed by atoms with Crippen LogP contribution in [0.2, 0.25) is 0 Å². The first-order valence-corrected chi connectivity index (χ1v) is 9.97. The Bertz CT molecular complexity index is 851. The molecule has 0 spiro atoms. The quantitative estimate of drug-likeness (QED) is 0.800. The Hall–Kier alpha value is -2.53. The van der Waals surface area contributed by atoms with Gasteiger partial charge >= 0.3 is 0 Å². The van der Waals surface area contributed by atoms with Crippen LogP contribution in [0.15, 0.2) is 42.5 Å². The van der Waals surface area contributed by atoms with Gasteiger partial charge < -0.3 is 14.4 Å². The van der Waals surface area contributed by atoms with Crippen LogP contribution in [0, 0.1) is 0 Å². The van der Waals surface area contributed by atoms with Gasteiger partial charge in [0, 0.05) is 32.2 Å². The number of methoxy groups -OCH3 is 2. The van der Waals surface area contributed by atoms with E-state index >= 15 is 0 Å². The second-order valence-electron chi connectivity index (χ2n) is 7.64. The van der Waals surface area contributed by atoms with Crippen LogP contribution in [0.5, 0.6) is 11.5 Å². The maximum atomic E-state index is 12.8. The molecule has 2 aliphatic rings. The number of benzene rings is 2. The van der Waals surface area contributed by atoms with Crippen molar-refractivity contribution in [1.29, 1.82) is 0 Å². The Morgan fingerprint density at radius 1 is 1.04 bits per heavy atom. The van der Waals surface area contributed by atoms with Crippen molar-refractivity contribution in [2.24, 2.45) is 0 Å². The summed E-state index contributed by atoms with van der Waals surface area (Å²) in [5.74, 6) is 1.54. The fourth-order valence-corrected chi connectivity index (χ4v) is 4.37. The first kappa shape index (κ1) is 18.8. The number of likely N-dealkylation sites (tertiary alicyclic amines) is 1. The van der Waals surface area contributed by atoms with E-state index in [2.05, 4.69) is 29.2 Å². The number of carbonyl (C=O) groups is 1. The van der Waals surface area contributed by atoms with E-state index in [0.29, 0.717) is 24.0 Å². The lowest BCUT2D eigenvalue weighted by Crippen LogP contribution is -2.41. The number of amides is 1. The molecule has 1 fully saturated rings. The maximum Gasteiger partial charge on any atom is 0.227 e. The topological polar surface area (TPSA) is 42.0 Å². The van der Waals surface area contributed by atoms with E-state index in [0.717, 1.165) is 44.6 Å². The molecule has 5 nitrogen and oxygen atoms in total. The highest BCUT2D eigenvalue weighted by molar-refractivity contribution is 5.79. The zero-order valence-corrected chi connectivity index (χ0v) is 16.7. The van der Waals surface area contributed by atoms with Gasteiger partial charge in [-0.15, -0.1) is 0 Å². The fraction of sp³-hybridized carbons (Fsp3) is 0.435. The van der Waals surface area contributed by atoms with Crippen molar-refractivity contribution in [3.8, 4) is 11.5 Å². The predicted molar refractivity (Wildman–Crippen MR) is 109 cm³/mol. The molecular weight excluding hydrogens is 352 g/mol. The Morgan fingerprint density at radius 3 is 2.61 bits per heavy atom. The molecule has 28 heavy (non-hydrogen) atoms. The molecule has 148 valence electrons. The van der Waals surface area contributed by atoms with Crippen LogP contribution in [0.4, 0.5) is 0 Å². The molecule has 1 saturated heterocycles. The summed E-state index contributed by atoms with van der Waals surface area (Å²) >= 11 is 0. The predicted octanol–water partition coefficient (Wildman–Crippen LogP) is 2.91. The van der Waals surface area contributed by atoms with E-state index < -0.39 is 0 Å². The number of hydrogen-bond donors (Lipinski definition) is 0. The van der Waals surface area contributed by atoms with E-state index in [1.54, 1.807) is 14.2 Å². The summed E-state index contributed by atoms with van der Waals surface area (Å²) in [5.41, 5.74) is 3.86. The molecule has 2 heterocycles. The van der Waals surface area contributed by atoms with Crippen molar-refractivity contribution >= 4 is 5.91 Å². The van der Waals surface area contributed by atoms with Gasteiger partial charge in [0.15, 0.2) is 11.5 Å². The summed E-state index contributed by atoms with van der Waals surface area (Å²) < 4.78 is 10.6. The molecule has 2 aromatic rings. The molecule has 1 unspecified atom stereocenters. The van der Waals surface area contributed by atoms with Gasteiger partial charge in [-0.25, -0.2) is 0 Å².